The lowest BCUT2D eigenvalue weighted by Gasteiger charge is -2.22. The fraction of sp³-hybridized carbons (Fsp3) is 0.500. The summed E-state index contributed by atoms with van der Waals surface area (Å²) in [6, 6.07) is 5.84. The summed E-state index contributed by atoms with van der Waals surface area (Å²) < 4.78 is 0. The zero-order valence-electron chi connectivity index (χ0n) is 11.1. The van der Waals surface area contributed by atoms with Gasteiger partial charge >= 0.3 is 0 Å². The van der Waals surface area contributed by atoms with Gasteiger partial charge in [0.25, 0.3) is 5.91 Å². The molecule has 3 N–H and O–H groups in total. The number of carbonyl (C=O) groups is 1. The van der Waals surface area contributed by atoms with Crippen LogP contribution >= 0.6 is 0 Å². The SMILES string of the molecule is Cc1ccc(C(=O)NCC(C)(C)CN)c(C)c1. The van der Waals surface area contributed by atoms with Gasteiger partial charge < -0.3 is 11.1 Å². The molecule has 0 heterocycles. The van der Waals surface area contributed by atoms with Crippen LogP contribution in [0.3, 0.4) is 0 Å². The van der Waals surface area contributed by atoms with Crippen molar-refractivity contribution in [3.63, 3.8) is 0 Å². The molecule has 1 amide bonds. The van der Waals surface area contributed by atoms with Crippen LogP contribution in [0.5, 0.6) is 0 Å². The fourth-order valence-corrected chi connectivity index (χ4v) is 1.56. The molecule has 1 rings (SSSR count). The van der Waals surface area contributed by atoms with Gasteiger partial charge in [-0.25, -0.2) is 0 Å². The number of carbonyl (C=O) groups excluding carboxylic acids is 1. The molecule has 0 aliphatic carbocycles. The molecule has 0 spiro atoms. The van der Waals surface area contributed by atoms with E-state index < -0.39 is 0 Å². The van der Waals surface area contributed by atoms with Gasteiger partial charge in [0.2, 0.25) is 0 Å². The largest absolute Gasteiger partial charge is 0.351 e. The van der Waals surface area contributed by atoms with Crippen molar-refractivity contribution in [3.8, 4) is 0 Å². The first-order chi connectivity index (χ1) is 7.85. The maximum Gasteiger partial charge on any atom is 0.251 e. The van der Waals surface area contributed by atoms with E-state index in [2.05, 4.69) is 5.32 Å². The highest BCUT2D eigenvalue weighted by Crippen LogP contribution is 2.13. The molecule has 1 aromatic carbocycles. The van der Waals surface area contributed by atoms with E-state index in [0.29, 0.717) is 13.1 Å². The lowest BCUT2D eigenvalue weighted by atomic mass is 9.93. The topological polar surface area (TPSA) is 55.1 Å². The van der Waals surface area contributed by atoms with Crippen molar-refractivity contribution in [2.24, 2.45) is 11.1 Å². The minimum atomic E-state index is -0.0612. The third-order valence-electron chi connectivity index (χ3n) is 2.91. The van der Waals surface area contributed by atoms with Gasteiger partial charge in [-0.1, -0.05) is 31.5 Å². The molecule has 0 aliphatic heterocycles. The smallest absolute Gasteiger partial charge is 0.251 e. The zero-order valence-corrected chi connectivity index (χ0v) is 11.1. The third-order valence-corrected chi connectivity index (χ3v) is 2.91. The molecule has 0 aliphatic rings. The van der Waals surface area contributed by atoms with E-state index in [4.69, 9.17) is 5.73 Å². The summed E-state index contributed by atoms with van der Waals surface area (Å²) in [5, 5.41) is 2.93. The highest BCUT2D eigenvalue weighted by Gasteiger charge is 2.17. The Balaban J connectivity index is 2.71. The lowest BCUT2D eigenvalue weighted by molar-refractivity contribution is 0.0937. The zero-order chi connectivity index (χ0) is 13.1. The van der Waals surface area contributed by atoms with Crippen molar-refractivity contribution >= 4 is 5.91 Å². The number of aryl methyl sites for hydroxylation is 2. The quantitative estimate of drug-likeness (QED) is 0.837. The summed E-state index contributed by atoms with van der Waals surface area (Å²) in [4.78, 5) is 12.0. The summed E-state index contributed by atoms with van der Waals surface area (Å²) in [6.45, 7) is 9.20. The molecule has 0 unspecified atom stereocenters. The van der Waals surface area contributed by atoms with Crippen LogP contribution in [0.2, 0.25) is 0 Å². The van der Waals surface area contributed by atoms with Gasteiger partial charge in [0, 0.05) is 12.1 Å². The van der Waals surface area contributed by atoms with Crippen LogP contribution in [0.1, 0.15) is 35.3 Å². The number of nitrogens with two attached hydrogens (primary N) is 1. The van der Waals surface area contributed by atoms with Gasteiger partial charge in [-0.05, 0) is 37.4 Å². The van der Waals surface area contributed by atoms with Crippen molar-refractivity contribution in [3.05, 3.63) is 34.9 Å². The van der Waals surface area contributed by atoms with Crippen molar-refractivity contribution in [1.82, 2.24) is 5.32 Å². The Morgan fingerprint density at radius 2 is 2.00 bits per heavy atom. The first kappa shape index (κ1) is 13.7. The van der Waals surface area contributed by atoms with E-state index in [-0.39, 0.29) is 11.3 Å². The molecule has 1 aromatic rings. The predicted octanol–water partition coefficient (Wildman–Crippen LogP) is 2.02. The Bertz CT molecular complexity index is 411. The van der Waals surface area contributed by atoms with E-state index in [1.165, 1.54) is 5.56 Å². The van der Waals surface area contributed by atoms with E-state index in [1.54, 1.807) is 0 Å². The number of hydrogen-bond donors (Lipinski definition) is 2. The molecular weight excluding hydrogens is 212 g/mol. The molecule has 17 heavy (non-hydrogen) atoms. The Labute approximate surface area is 103 Å². The number of benzene rings is 1. The summed E-state index contributed by atoms with van der Waals surface area (Å²) in [7, 11) is 0. The molecule has 0 fully saturated rings. The monoisotopic (exact) mass is 234 g/mol. The molecule has 0 bridgehead atoms. The summed E-state index contributed by atoms with van der Waals surface area (Å²) in [5.74, 6) is -0.0241. The van der Waals surface area contributed by atoms with Crippen LogP contribution in [-0.4, -0.2) is 19.0 Å². The summed E-state index contributed by atoms with van der Waals surface area (Å²) in [6.07, 6.45) is 0. The highest BCUT2D eigenvalue weighted by atomic mass is 16.1. The maximum atomic E-state index is 12.0. The summed E-state index contributed by atoms with van der Waals surface area (Å²) >= 11 is 0. The fourth-order valence-electron chi connectivity index (χ4n) is 1.56. The minimum absolute atomic E-state index is 0.0241. The highest BCUT2D eigenvalue weighted by molar-refractivity contribution is 5.95. The van der Waals surface area contributed by atoms with Crippen molar-refractivity contribution in [2.75, 3.05) is 13.1 Å². The van der Waals surface area contributed by atoms with E-state index in [9.17, 15) is 4.79 Å². The predicted molar refractivity (Wildman–Crippen MR) is 71.1 cm³/mol. The lowest BCUT2D eigenvalue weighted by Crippen LogP contribution is -2.38. The Morgan fingerprint density at radius 3 is 2.53 bits per heavy atom. The molecule has 0 saturated heterocycles. The normalized spacial score (nSPS) is 11.4. The Hall–Kier alpha value is -1.35. The maximum absolute atomic E-state index is 12.0. The van der Waals surface area contributed by atoms with Crippen LogP contribution in [-0.2, 0) is 0 Å². The van der Waals surface area contributed by atoms with Crippen LogP contribution in [0, 0.1) is 19.3 Å². The first-order valence-corrected chi connectivity index (χ1v) is 5.91. The Kier molecular flexibility index (Phi) is 4.29. The van der Waals surface area contributed by atoms with E-state index in [0.717, 1.165) is 11.1 Å². The molecular formula is C14H22N2O. The molecule has 0 atom stereocenters. The van der Waals surface area contributed by atoms with E-state index in [1.807, 2.05) is 45.9 Å². The van der Waals surface area contributed by atoms with Crippen molar-refractivity contribution < 1.29 is 4.79 Å². The van der Waals surface area contributed by atoms with Gasteiger partial charge in [-0.15, -0.1) is 0 Å². The van der Waals surface area contributed by atoms with Crippen LogP contribution < -0.4 is 11.1 Å². The number of hydrogen-bond acceptors (Lipinski definition) is 2. The van der Waals surface area contributed by atoms with Gasteiger partial charge in [-0.2, -0.15) is 0 Å². The number of amides is 1. The molecule has 94 valence electrons. The van der Waals surface area contributed by atoms with Crippen LogP contribution in [0.4, 0.5) is 0 Å². The van der Waals surface area contributed by atoms with Gasteiger partial charge in [0.05, 0.1) is 0 Å². The average molecular weight is 234 g/mol. The number of nitrogens with one attached hydrogen (secondary N) is 1. The second-order valence-corrected chi connectivity index (χ2v) is 5.37. The molecule has 3 heteroatoms. The number of rotatable bonds is 4. The molecule has 3 nitrogen and oxygen atoms in total. The Morgan fingerprint density at radius 1 is 1.35 bits per heavy atom. The van der Waals surface area contributed by atoms with Gasteiger partial charge in [0.1, 0.15) is 0 Å². The van der Waals surface area contributed by atoms with E-state index >= 15 is 0 Å². The first-order valence-electron chi connectivity index (χ1n) is 5.91. The minimum Gasteiger partial charge on any atom is -0.351 e. The second-order valence-electron chi connectivity index (χ2n) is 5.37. The third kappa shape index (κ3) is 3.86. The standard InChI is InChI=1S/C14H22N2O/c1-10-5-6-12(11(2)7-10)13(17)16-9-14(3,4)8-15/h5-7H,8-9,15H2,1-4H3,(H,16,17). The van der Waals surface area contributed by atoms with Crippen LogP contribution in [0.25, 0.3) is 0 Å². The average Bonchev–Trinajstić information content (AvgIpc) is 2.26. The van der Waals surface area contributed by atoms with Gasteiger partial charge in [-0.3, -0.25) is 4.79 Å². The molecule has 0 saturated carbocycles. The van der Waals surface area contributed by atoms with Crippen molar-refractivity contribution in [1.29, 1.82) is 0 Å². The second kappa shape index (κ2) is 5.32. The summed E-state index contributed by atoms with van der Waals surface area (Å²) in [5.41, 5.74) is 8.48. The molecule has 0 aromatic heterocycles. The van der Waals surface area contributed by atoms with Crippen LogP contribution in [0.15, 0.2) is 18.2 Å². The van der Waals surface area contributed by atoms with Crippen molar-refractivity contribution in [2.45, 2.75) is 27.7 Å². The molecule has 0 radical (unpaired) electrons. The van der Waals surface area contributed by atoms with Gasteiger partial charge in [0.15, 0.2) is 0 Å².